The standard InChI is InChI=1S/C20H30N2O2/c1-20(2,3)24-19(23)21-13-11-17(12-14-21)22-15-18(22)10-9-16-7-5-4-6-8-16/h4-8,17-18H,9-15H2,1-3H3/t18-,22?/m1/s1. The number of hydrogen-bond acceptors (Lipinski definition) is 3. The summed E-state index contributed by atoms with van der Waals surface area (Å²) in [5.74, 6) is 0. The number of nitrogens with zero attached hydrogens (tertiary/aromatic N) is 2. The van der Waals surface area contributed by atoms with Gasteiger partial charge in [-0.1, -0.05) is 30.3 Å². The fraction of sp³-hybridized carbons (Fsp3) is 0.650. The van der Waals surface area contributed by atoms with Crippen molar-refractivity contribution >= 4 is 6.09 Å². The summed E-state index contributed by atoms with van der Waals surface area (Å²) in [7, 11) is 0. The second-order valence-electron chi connectivity index (χ2n) is 8.07. The molecule has 4 heteroatoms. The summed E-state index contributed by atoms with van der Waals surface area (Å²) in [6, 6.07) is 12.1. The lowest BCUT2D eigenvalue weighted by atomic mass is 10.0. The van der Waals surface area contributed by atoms with Crippen molar-refractivity contribution < 1.29 is 9.53 Å². The molecule has 2 heterocycles. The number of benzene rings is 1. The first-order valence-electron chi connectivity index (χ1n) is 9.20. The molecule has 2 fully saturated rings. The number of carbonyl (C=O) groups is 1. The maximum Gasteiger partial charge on any atom is 0.410 e. The molecule has 2 atom stereocenters. The predicted molar refractivity (Wildman–Crippen MR) is 96.1 cm³/mol. The maximum atomic E-state index is 12.1. The fourth-order valence-corrected chi connectivity index (χ4v) is 3.59. The number of ether oxygens (including phenoxy) is 1. The van der Waals surface area contributed by atoms with Gasteiger partial charge in [-0.25, -0.2) is 4.79 Å². The van der Waals surface area contributed by atoms with E-state index in [-0.39, 0.29) is 6.09 Å². The van der Waals surface area contributed by atoms with Crippen molar-refractivity contribution in [1.29, 1.82) is 0 Å². The van der Waals surface area contributed by atoms with Crippen LogP contribution in [0, 0.1) is 0 Å². The summed E-state index contributed by atoms with van der Waals surface area (Å²) in [5, 5.41) is 0. The summed E-state index contributed by atoms with van der Waals surface area (Å²) in [6.07, 6.45) is 4.39. The number of hydrogen-bond donors (Lipinski definition) is 0. The van der Waals surface area contributed by atoms with Gasteiger partial charge in [-0.3, -0.25) is 4.90 Å². The number of carbonyl (C=O) groups excluding carboxylic acids is 1. The number of aryl methyl sites for hydroxylation is 1. The van der Waals surface area contributed by atoms with Crippen molar-refractivity contribution in [3.05, 3.63) is 35.9 Å². The van der Waals surface area contributed by atoms with Gasteiger partial charge in [0.15, 0.2) is 0 Å². The van der Waals surface area contributed by atoms with Gasteiger partial charge in [-0.05, 0) is 52.0 Å². The molecule has 0 radical (unpaired) electrons. The fourth-order valence-electron chi connectivity index (χ4n) is 3.59. The monoisotopic (exact) mass is 330 g/mol. The Morgan fingerprint density at radius 2 is 1.83 bits per heavy atom. The molecule has 3 rings (SSSR count). The van der Waals surface area contributed by atoms with Crippen LogP contribution in [0.15, 0.2) is 30.3 Å². The molecule has 1 unspecified atom stereocenters. The molecule has 4 nitrogen and oxygen atoms in total. The number of likely N-dealkylation sites (tertiary alicyclic amines) is 1. The Balaban J connectivity index is 1.38. The third kappa shape index (κ3) is 4.73. The third-order valence-corrected chi connectivity index (χ3v) is 4.95. The van der Waals surface area contributed by atoms with E-state index in [0.717, 1.165) is 32.0 Å². The number of amides is 1. The molecule has 0 aromatic heterocycles. The summed E-state index contributed by atoms with van der Waals surface area (Å²) < 4.78 is 5.47. The van der Waals surface area contributed by atoms with Crippen LogP contribution in [0.1, 0.15) is 45.6 Å². The van der Waals surface area contributed by atoms with Crippen molar-refractivity contribution in [2.45, 2.75) is 64.1 Å². The zero-order valence-electron chi connectivity index (χ0n) is 15.2. The summed E-state index contributed by atoms with van der Waals surface area (Å²) in [5.41, 5.74) is 1.03. The molecule has 24 heavy (non-hydrogen) atoms. The lowest BCUT2D eigenvalue weighted by molar-refractivity contribution is 0.0180. The van der Waals surface area contributed by atoms with Crippen LogP contribution in [-0.4, -0.2) is 53.2 Å². The van der Waals surface area contributed by atoms with Crippen LogP contribution in [0.25, 0.3) is 0 Å². The first-order valence-corrected chi connectivity index (χ1v) is 9.20. The molecule has 1 aromatic rings. The Kier molecular flexibility index (Phi) is 5.14. The highest BCUT2D eigenvalue weighted by atomic mass is 16.6. The topological polar surface area (TPSA) is 32.5 Å². The minimum atomic E-state index is -0.406. The number of rotatable bonds is 4. The SMILES string of the molecule is CC(C)(C)OC(=O)N1CCC(N2C[C@H]2CCc2ccccc2)CC1. The maximum absolute atomic E-state index is 12.1. The molecule has 132 valence electrons. The Morgan fingerprint density at radius 3 is 2.46 bits per heavy atom. The van der Waals surface area contributed by atoms with Gasteiger partial charge in [0.1, 0.15) is 5.60 Å². The highest BCUT2D eigenvalue weighted by Gasteiger charge is 2.40. The van der Waals surface area contributed by atoms with E-state index in [1.54, 1.807) is 0 Å². The molecule has 2 aliphatic rings. The summed E-state index contributed by atoms with van der Waals surface area (Å²) in [6.45, 7) is 8.63. The van der Waals surface area contributed by atoms with Crippen LogP contribution in [-0.2, 0) is 11.2 Å². The minimum Gasteiger partial charge on any atom is -0.444 e. The van der Waals surface area contributed by atoms with Crippen LogP contribution < -0.4 is 0 Å². The minimum absolute atomic E-state index is 0.160. The van der Waals surface area contributed by atoms with Crippen molar-refractivity contribution in [2.24, 2.45) is 0 Å². The van der Waals surface area contributed by atoms with E-state index >= 15 is 0 Å². The first-order chi connectivity index (χ1) is 11.4. The molecule has 2 saturated heterocycles. The van der Waals surface area contributed by atoms with Gasteiger partial charge in [-0.15, -0.1) is 0 Å². The van der Waals surface area contributed by atoms with Crippen molar-refractivity contribution in [3.8, 4) is 0 Å². The summed E-state index contributed by atoms with van der Waals surface area (Å²) in [4.78, 5) is 16.6. The second kappa shape index (κ2) is 7.14. The summed E-state index contributed by atoms with van der Waals surface area (Å²) >= 11 is 0. The van der Waals surface area contributed by atoms with Crippen LogP contribution in [0.4, 0.5) is 4.79 Å². The smallest absolute Gasteiger partial charge is 0.410 e. The van der Waals surface area contributed by atoms with Gasteiger partial charge >= 0.3 is 6.09 Å². The first kappa shape index (κ1) is 17.3. The molecule has 0 N–H and O–H groups in total. The third-order valence-electron chi connectivity index (χ3n) is 4.95. The Hall–Kier alpha value is -1.55. The lowest BCUT2D eigenvalue weighted by Crippen LogP contribution is -2.44. The normalized spacial score (nSPS) is 24.7. The average molecular weight is 330 g/mol. The van der Waals surface area contributed by atoms with Crippen molar-refractivity contribution in [3.63, 3.8) is 0 Å². The average Bonchev–Trinajstić information content (AvgIpc) is 3.32. The van der Waals surface area contributed by atoms with E-state index in [1.165, 1.54) is 24.9 Å². The quantitative estimate of drug-likeness (QED) is 0.789. The van der Waals surface area contributed by atoms with Gasteiger partial charge in [0.2, 0.25) is 0 Å². The van der Waals surface area contributed by atoms with E-state index in [4.69, 9.17) is 4.74 Å². The van der Waals surface area contributed by atoms with Gasteiger partial charge in [0.25, 0.3) is 0 Å². The van der Waals surface area contributed by atoms with E-state index in [2.05, 4.69) is 35.2 Å². The Bertz CT molecular complexity index is 545. The van der Waals surface area contributed by atoms with Crippen LogP contribution >= 0.6 is 0 Å². The molecular weight excluding hydrogens is 300 g/mol. The van der Waals surface area contributed by atoms with Crippen molar-refractivity contribution in [2.75, 3.05) is 19.6 Å². The molecule has 1 amide bonds. The second-order valence-corrected chi connectivity index (χ2v) is 8.07. The molecular formula is C20H30N2O2. The van der Waals surface area contributed by atoms with E-state index in [9.17, 15) is 4.79 Å². The molecule has 0 bridgehead atoms. The lowest BCUT2D eigenvalue weighted by Gasteiger charge is -2.34. The molecule has 0 aliphatic carbocycles. The molecule has 1 aromatic carbocycles. The largest absolute Gasteiger partial charge is 0.444 e. The highest BCUT2D eigenvalue weighted by Crippen LogP contribution is 2.31. The zero-order chi connectivity index (χ0) is 17.2. The predicted octanol–water partition coefficient (Wildman–Crippen LogP) is 3.70. The Labute approximate surface area is 145 Å². The molecule has 2 aliphatic heterocycles. The van der Waals surface area contributed by atoms with Crippen LogP contribution in [0.2, 0.25) is 0 Å². The van der Waals surface area contributed by atoms with E-state index < -0.39 is 5.60 Å². The van der Waals surface area contributed by atoms with E-state index in [0.29, 0.717) is 6.04 Å². The van der Waals surface area contributed by atoms with Crippen LogP contribution in [0.5, 0.6) is 0 Å². The van der Waals surface area contributed by atoms with Gasteiger partial charge in [0, 0.05) is 31.7 Å². The zero-order valence-corrected chi connectivity index (χ0v) is 15.2. The van der Waals surface area contributed by atoms with Crippen molar-refractivity contribution in [1.82, 2.24) is 9.80 Å². The van der Waals surface area contributed by atoms with Gasteiger partial charge in [-0.2, -0.15) is 0 Å². The highest BCUT2D eigenvalue weighted by molar-refractivity contribution is 5.68. The van der Waals surface area contributed by atoms with Gasteiger partial charge in [0.05, 0.1) is 0 Å². The molecule has 0 saturated carbocycles. The van der Waals surface area contributed by atoms with Crippen LogP contribution in [0.3, 0.4) is 0 Å². The Morgan fingerprint density at radius 1 is 1.17 bits per heavy atom. The number of piperidine rings is 1. The molecule has 0 spiro atoms. The van der Waals surface area contributed by atoms with Gasteiger partial charge < -0.3 is 9.64 Å². The van der Waals surface area contributed by atoms with E-state index in [1.807, 2.05) is 25.7 Å².